The van der Waals surface area contributed by atoms with E-state index in [1.807, 2.05) is 0 Å². The molecule has 0 radical (unpaired) electrons. The lowest BCUT2D eigenvalue weighted by molar-refractivity contribution is -0.385. The fraction of sp³-hybridized carbons (Fsp3) is 0.718. The van der Waals surface area contributed by atoms with Crippen molar-refractivity contribution in [3.8, 4) is 11.5 Å². The van der Waals surface area contributed by atoms with Crippen LogP contribution in [0, 0.1) is 10.1 Å². The van der Waals surface area contributed by atoms with Crippen molar-refractivity contribution in [2.24, 2.45) is 0 Å². The molecule has 0 bridgehead atoms. The third kappa shape index (κ3) is 19.9. The Morgan fingerprint density at radius 1 is 0.958 bits per heavy atom. The van der Waals surface area contributed by atoms with Gasteiger partial charge in [-0.25, -0.2) is 18.0 Å². The second kappa shape index (κ2) is 27.9. The van der Waals surface area contributed by atoms with Crippen LogP contribution >= 0.6 is 23.5 Å². The van der Waals surface area contributed by atoms with Crippen LogP contribution in [-0.2, 0) is 82.5 Å². The Hall–Kier alpha value is -4.23. The highest BCUT2D eigenvalue weighted by Crippen LogP contribution is 2.37. The van der Waals surface area contributed by atoms with Gasteiger partial charge in [-0.15, -0.1) is 0 Å². The molecule has 3 amide bonds. The molecule has 11 unspecified atom stereocenters. The zero-order chi connectivity index (χ0) is 54.3. The molecule has 2 heterocycles. The van der Waals surface area contributed by atoms with Gasteiger partial charge in [0, 0.05) is 49.8 Å². The Morgan fingerprint density at radius 2 is 1.64 bits per heavy atom. The summed E-state index contributed by atoms with van der Waals surface area (Å²) in [4.78, 5) is 74.4. The van der Waals surface area contributed by atoms with E-state index in [1.165, 1.54) is 20.1 Å². The summed E-state index contributed by atoms with van der Waals surface area (Å²) in [6.07, 6.45) is -17.2. The van der Waals surface area contributed by atoms with Crippen molar-refractivity contribution < 1.29 is 111 Å². The minimum atomic E-state index is -5.41. The van der Waals surface area contributed by atoms with Crippen LogP contribution in [0.4, 0.5) is 10.5 Å². The summed E-state index contributed by atoms with van der Waals surface area (Å²) in [5, 5.41) is 41.5. The minimum absolute atomic E-state index is 0.00761. The predicted molar refractivity (Wildman–Crippen MR) is 248 cm³/mol. The fourth-order valence-corrected chi connectivity index (χ4v) is 9.47. The smallest absolute Gasteiger partial charge is 0.408 e. The van der Waals surface area contributed by atoms with Crippen LogP contribution in [0.25, 0.3) is 0 Å². The van der Waals surface area contributed by atoms with E-state index in [0.717, 1.165) is 50.7 Å². The van der Waals surface area contributed by atoms with Gasteiger partial charge in [0.15, 0.2) is 35.1 Å². The number of nitro groups is 1. The number of aliphatic hydroxyl groups is 2. The summed E-state index contributed by atoms with van der Waals surface area (Å²) in [5.41, 5.74) is -0.954. The van der Waals surface area contributed by atoms with Gasteiger partial charge < -0.3 is 64.1 Å². The van der Waals surface area contributed by atoms with Crippen molar-refractivity contribution in [3.05, 3.63) is 27.8 Å². The second-order valence-corrected chi connectivity index (χ2v) is 20.9. The number of thioether (sulfide) groups is 2. The highest BCUT2D eigenvalue weighted by Gasteiger charge is 2.54. The third-order valence-electron chi connectivity index (χ3n) is 10.0. The molecule has 1 aromatic carbocycles. The van der Waals surface area contributed by atoms with Crippen molar-refractivity contribution >= 4 is 79.0 Å². The summed E-state index contributed by atoms with van der Waals surface area (Å²) >= 11 is 1.90. The van der Waals surface area contributed by atoms with Crippen LogP contribution < -0.4 is 25.4 Å². The molecule has 2 saturated heterocycles. The number of ether oxygens (including phenoxy) is 8. The van der Waals surface area contributed by atoms with E-state index in [2.05, 4.69) is 24.3 Å². The number of esters is 1. The van der Waals surface area contributed by atoms with Crippen LogP contribution in [0.1, 0.15) is 53.0 Å². The molecular weight excluding hydrogens is 1050 g/mol. The number of rotatable bonds is 26. The van der Waals surface area contributed by atoms with Gasteiger partial charge in [0.1, 0.15) is 42.2 Å². The number of amides is 3. The van der Waals surface area contributed by atoms with Crippen LogP contribution in [0.15, 0.2) is 12.1 Å². The third-order valence-corrected chi connectivity index (χ3v) is 12.9. The van der Waals surface area contributed by atoms with E-state index in [9.17, 15) is 65.7 Å². The van der Waals surface area contributed by atoms with Gasteiger partial charge >= 0.3 is 32.9 Å². The summed E-state index contributed by atoms with van der Waals surface area (Å²) in [5.74, 6) is -2.32. The van der Waals surface area contributed by atoms with E-state index in [-0.39, 0.29) is 71.1 Å². The summed E-state index contributed by atoms with van der Waals surface area (Å²) in [6, 6.07) is 0.107. The van der Waals surface area contributed by atoms with Gasteiger partial charge in [0.2, 0.25) is 5.91 Å². The molecule has 2 fully saturated rings. The molecular formula is C39H60N4O25S4. The van der Waals surface area contributed by atoms with Crippen molar-refractivity contribution in [1.29, 1.82) is 0 Å². The Bertz CT molecular complexity index is 2270. The molecule has 29 nitrogen and oxygen atoms in total. The van der Waals surface area contributed by atoms with Crippen molar-refractivity contribution in [2.75, 3.05) is 52.6 Å². The zero-order valence-corrected chi connectivity index (χ0v) is 43.4. The number of carbonyl (C=O) groups is 5. The number of hydrogen-bond donors (Lipinski definition) is 7. The lowest BCUT2D eigenvalue weighted by Crippen LogP contribution is -2.68. The molecule has 3 rings (SSSR count). The van der Waals surface area contributed by atoms with E-state index >= 15 is 0 Å². The first kappa shape index (κ1) is 62.1. The number of carbonyl (C=O) groups excluding carboxylic acids is 5. The lowest BCUT2D eigenvalue weighted by atomic mass is 9.92. The molecule has 11 atom stereocenters. The number of nitrogens with one attached hydrogen (secondary N) is 3. The monoisotopic (exact) mass is 1110 g/mol. The first-order chi connectivity index (χ1) is 33.5. The largest absolute Gasteiger partial charge is 0.493 e. The summed E-state index contributed by atoms with van der Waals surface area (Å²) in [6.45, 7) is 6.12. The van der Waals surface area contributed by atoms with Crippen molar-refractivity contribution in [1.82, 2.24) is 16.0 Å². The molecule has 0 spiro atoms. The normalized spacial score (nSPS) is 25.1. The lowest BCUT2D eigenvalue weighted by Gasteiger charge is -2.47. The van der Waals surface area contributed by atoms with Gasteiger partial charge in [-0.3, -0.25) is 33.6 Å². The number of alkyl carbamates (subject to hydrolysis) is 1. The Morgan fingerprint density at radius 3 is 2.21 bits per heavy atom. The number of nitro benzene ring substituents is 1. The highest BCUT2D eigenvalue weighted by molar-refractivity contribution is 8.13. The van der Waals surface area contributed by atoms with Crippen LogP contribution in [0.5, 0.6) is 11.5 Å². The maximum Gasteiger partial charge on any atom is 0.408 e. The maximum atomic E-state index is 13.5. The fourth-order valence-electron chi connectivity index (χ4n) is 6.94. The molecule has 72 heavy (non-hydrogen) atoms. The van der Waals surface area contributed by atoms with Crippen molar-refractivity contribution in [3.63, 3.8) is 0 Å². The van der Waals surface area contributed by atoms with Gasteiger partial charge in [0.05, 0.1) is 50.6 Å². The number of aliphatic hydroxyl groups excluding tert-OH is 2. The van der Waals surface area contributed by atoms with Gasteiger partial charge in [-0.2, -0.15) is 28.6 Å². The number of nitrogens with zero attached hydrogens (tertiary/aromatic N) is 1. The number of methoxy groups -OCH3 is 3. The molecule has 410 valence electrons. The predicted octanol–water partition coefficient (Wildman–Crippen LogP) is -0.416. The second-order valence-electron chi connectivity index (χ2n) is 16.6. The topological polar surface area (TPSA) is 406 Å². The SMILES string of the molecule is COC(=O)C(CSCc1cc(OC)c(OCCCC(=O)SCCNC(=O)C2OC(OC3C(O)C(COS(=O)(=O)O)OC(C)C3NC(C)=O)C(OS(=O)(=O)O)C(O)C2OC)cc1[N+](=O)[O-])NC(=O)OC(C)(C)C. The molecule has 0 aromatic heterocycles. The molecule has 2 aliphatic rings. The number of benzene rings is 1. The van der Waals surface area contributed by atoms with Crippen molar-refractivity contribution in [2.45, 2.75) is 126 Å². The summed E-state index contributed by atoms with van der Waals surface area (Å²) < 4.78 is 117. The summed E-state index contributed by atoms with van der Waals surface area (Å²) in [7, 11) is -6.98. The molecule has 0 aliphatic carbocycles. The Labute approximate surface area is 422 Å². The van der Waals surface area contributed by atoms with Gasteiger partial charge in [-0.1, -0.05) is 11.8 Å². The Balaban J connectivity index is 1.62. The molecule has 2 aliphatic heterocycles. The van der Waals surface area contributed by atoms with Crippen LogP contribution in [-0.4, -0.2) is 195 Å². The highest BCUT2D eigenvalue weighted by atomic mass is 32.3. The van der Waals surface area contributed by atoms with E-state index < -0.39 is 129 Å². The standard InChI is InChI=1S/C39H60N4O25S4/c1-19-28(41-20(2)44)31(29(46)26(64-19)16-63-71(53,54)55)65-37-33(68-72(56,57)58)30(47)32(60-7)34(66-37)35(48)40-11-13-70-27(45)10-9-12-62-25-15-23(43(51)52)21(14-24(25)59-6)17-69-18-22(36(49)61-8)42-38(50)67-39(3,4)5/h14-15,19,22,26,28-34,37,46-47H,9-13,16-18H2,1-8H3,(H,40,48)(H,41,44)(H,42,50)(H,53,54,55)(H,56,57,58). The van der Waals surface area contributed by atoms with E-state index in [0.29, 0.717) is 0 Å². The maximum absolute atomic E-state index is 13.5. The first-order valence-corrected chi connectivity index (χ1v) is 26.3. The average molecular weight is 1110 g/mol. The van der Waals surface area contributed by atoms with Gasteiger partial charge in [-0.05, 0) is 40.2 Å². The molecule has 0 saturated carbocycles. The quantitative estimate of drug-likeness (QED) is 0.0204. The minimum Gasteiger partial charge on any atom is -0.493 e. The van der Waals surface area contributed by atoms with Crippen LogP contribution in [0.3, 0.4) is 0 Å². The Kier molecular flexibility index (Phi) is 24.0. The molecule has 7 N–H and O–H groups in total. The first-order valence-electron chi connectivity index (χ1n) is 21.4. The average Bonchev–Trinajstić information content (AvgIpc) is 3.27. The van der Waals surface area contributed by atoms with E-state index in [4.69, 9.17) is 42.4 Å². The molecule has 1 aromatic rings. The molecule has 33 heteroatoms. The van der Waals surface area contributed by atoms with Crippen LogP contribution in [0.2, 0.25) is 0 Å². The van der Waals surface area contributed by atoms with E-state index in [1.54, 1.807) is 20.8 Å². The van der Waals surface area contributed by atoms with Gasteiger partial charge in [0.25, 0.3) is 11.6 Å². The zero-order valence-electron chi connectivity index (χ0n) is 40.1. The number of hydrogen-bond acceptors (Lipinski definition) is 25.